The standard InChI is InChI=1S/C8H14N2O/c1-4-5-7-8(11-3)10-6(2)9-7/h4-5H2,1-3H3,(H,9,10). The zero-order valence-corrected chi connectivity index (χ0v) is 7.27. The first-order chi connectivity index (χ1) is 5.27. The highest BCUT2D eigenvalue weighted by molar-refractivity contribution is 5.20. The van der Waals surface area contributed by atoms with Crippen molar-refractivity contribution in [2.24, 2.45) is 0 Å². The van der Waals surface area contributed by atoms with Crippen molar-refractivity contribution in [1.82, 2.24) is 9.97 Å². The van der Waals surface area contributed by atoms with Crippen LogP contribution < -0.4 is 4.74 Å². The maximum Gasteiger partial charge on any atom is 0.214 e. The third kappa shape index (κ3) is 1.73. The van der Waals surface area contributed by atoms with Gasteiger partial charge in [0.15, 0.2) is 0 Å². The summed E-state index contributed by atoms with van der Waals surface area (Å²) in [6, 6.07) is 0. The first kappa shape index (κ1) is 8.11. The van der Waals surface area contributed by atoms with Gasteiger partial charge in [-0.05, 0) is 13.3 Å². The molecular formula is C8H14N2O. The molecule has 0 aromatic carbocycles. The van der Waals surface area contributed by atoms with Crippen LogP contribution in [0.25, 0.3) is 0 Å². The Labute approximate surface area is 66.8 Å². The lowest BCUT2D eigenvalue weighted by Gasteiger charge is -1.96. The number of ether oxygens (including phenoxy) is 1. The predicted molar refractivity (Wildman–Crippen MR) is 43.9 cm³/mol. The van der Waals surface area contributed by atoms with Gasteiger partial charge in [-0.15, -0.1) is 0 Å². The Morgan fingerprint density at radius 3 is 2.82 bits per heavy atom. The largest absolute Gasteiger partial charge is 0.481 e. The predicted octanol–water partition coefficient (Wildman–Crippen LogP) is 1.68. The van der Waals surface area contributed by atoms with E-state index in [1.54, 1.807) is 7.11 Å². The molecule has 0 unspecified atom stereocenters. The van der Waals surface area contributed by atoms with E-state index in [2.05, 4.69) is 16.9 Å². The summed E-state index contributed by atoms with van der Waals surface area (Å²) >= 11 is 0. The fraction of sp³-hybridized carbons (Fsp3) is 0.625. The summed E-state index contributed by atoms with van der Waals surface area (Å²) in [5.74, 6) is 1.73. The third-order valence-corrected chi connectivity index (χ3v) is 1.55. The molecule has 0 bridgehead atoms. The molecule has 0 spiro atoms. The molecule has 0 fully saturated rings. The summed E-state index contributed by atoms with van der Waals surface area (Å²) in [6.07, 6.45) is 2.08. The summed E-state index contributed by atoms with van der Waals surface area (Å²) < 4.78 is 5.10. The Bertz CT molecular complexity index is 230. The number of nitrogens with one attached hydrogen (secondary N) is 1. The van der Waals surface area contributed by atoms with Crippen LogP contribution in [0.2, 0.25) is 0 Å². The molecule has 3 nitrogen and oxygen atoms in total. The van der Waals surface area contributed by atoms with Gasteiger partial charge in [-0.2, -0.15) is 0 Å². The first-order valence-electron chi connectivity index (χ1n) is 3.87. The molecular weight excluding hydrogens is 140 g/mol. The fourth-order valence-electron chi connectivity index (χ4n) is 1.09. The summed E-state index contributed by atoms with van der Waals surface area (Å²) in [5.41, 5.74) is 1.03. The number of hydrogen-bond donors (Lipinski definition) is 1. The highest BCUT2D eigenvalue weighted by Crippen LogP contribution is 2.15. The monoisotopic (exact) mass is 154 g/mol. The molecule has 62 valence electrons. The van der Waals surface area contributed by atoms with Gasteiger partial charge < -0.3 is 9.72 Å². The topological polar surface area (TPSA) is 37.9 Å². The van der Waals surface area contributed by atoms with E-state index in [1.165, 1.54) is 0 Å². The molecule has 0 aliphatic rings. The molecule has 0 saturated heterocycles. The molecule has 0 amide bonds. The van der Waals surface area contributed by atoms with Gasteiger partial charge in [0.25, 0.3) is 0 Å². The maximum absolute atomic E-state index is 5.10. The second-order valence-corrected chi connectivity index (χ2v) is 2.55. The van der Waals surface area contributed by atoms with Crippen LogP contribution in [0.5, 0.6) is 5.88 Å². The maximum atomic E-state index is 5.10. The quantitative estimate of drug-likeness (QED) is 0.719. The van der Waals surface area contributed by atoms with Gasteiger partial charge in [0.2, 0.25) is 5.88 Å². The fourth-order valence-corrected chi connectivity index (χ4v) is 1.09. The zero-order chi connectivity index (χ0) is 8.27. The normalized spacial score (nSPS) is 10.1. The van der Waals surface area contributed by atoms with Crippen LogP contribution in [0, 0.1) is 6.92 Å². The highest BCUT2D eigenvalue weighted by Gasteiger charge is 2.05. The first-order valence-corrected chi connectivity index (χ1v) is 3.87. The summed E-state index contributed by atoms with van der Waals surface area (Å²) in [7, 11) is 1.66. The average molecular weight is 154 g/mol. The van der Waals surface area contributed by atoms with Crippen LogP contribution >= 0.6 is 0 Å². The second-order valence-electron chi connectivity index (χ2n) is 2.55. The van der Waals surface area contributed by atoms with Crippen LogP contribution in [0.3, 0.4) is 0 Å². The van der Waals surface area contributed by atoms with Gasteiger partial charge in [0.1, 0.15) is 11.5 Å². The van der Waals surface area contributed by atoms with Gasteiger partial charge >= 0.3 is 0 Å². The molecule has 1 aromatic rings. The van der Waals surface area contributed by atoms with Crippen LogP contribution in [0.1, 0.15) is 24.9 Å². The molecule has 1 N–H and O–H groups in total. The van der Waals surface area contributed by atoms with E-state index in [0.717, 1.165) is 30.2 Å². The van der Waals surface area contributed by atoms with Crippen molar-refractivity contribution in [1.29, 1.82) is 0 Å². The van der Waals surface area contributed by atoms with Crippen molar-refractivity contribution in [3.8, 4) is 5.88 Å². The summed E-state index contributed by atoms with van der Waals surface area (Å²) in [4.78, 5) is 7.34. The minimum absolute atomic E-state index is 0.810. The Morgan fingerprint density at radius 2 is 2.27 bits per heavy atom. The lowest BCUT2D eigenvalue weighted by Crippen LogP contribution is -1.89. The molecule has 0 aliphatic heterocycles. The Hall–Kier alpha value is -0.990. The third-order valence-electron chi connectivity index (χ3n) is 1.55. The molecule has 0 aliphatic carbocycles. The number of aryl methyl sites for hydroxylation is 2. The Balaban J connectivity index is 2.83. The van der Waals surface area contributed by atoms with Gasteiger partial charge in [-0.25, -0.2) is 4.98 Å². The number of H-pyrrole nitrogens is 1. The average Bonchev–Trinajstić information content (AvgIpc) is 2.32. The minimum atomic E-state index is 0.810. The summed E-state index contributed by atoms with van der Waals surface area (Å²) in [5, 5.41) is 0. The number of aromatic nitrogens is 2. The van der Waals surface area contributed by atoms with Crippen LogP contribution in [-0.4, -0.2) is 17.1 Å². The van der Waals surface area contributed by atoms with Crippen LogP contribution in [0.4, 0.5) is 0 Å². The second kappa shape index (κ2) is 3.42. The van der Waals surface area contributed by atoms with E-state index in [-0.39, 0.29) is 0 Å². The molecule has 0 atom stereocenters. The smallest absolute Gasteiger partial charge is 0.214 e. The number of imidazole rings is 1. The Morgan fingerprint density at radius 1 is 1.55 bits per heavy atom. The molecule has 1 rings (SSSR count). The molecule has 1 heterocycles. The van der Waals surface area contributed by atoms with Gasteiger partial charge in [0.05, 0.1) is 7.11 Å². The SMILES string of the molecule is CCCc1nc(C)[nH]c1OC. The molecule has 11 heavy (non-hydrogen) atoms. The van der Waals surface area contributed by atoms with Crippen molar-refractivity contribution in [2.75, 3.05) is 7.11 Å². The van der Waals surface area contributed by atoms with E-state index in [1.807, 2.05) is 6.92 Å². The van der Waals surface area contributed by atoms with Gasteiger partial charge in [0, 0.05) is 0 Å². The van der Waals surface area contributed by atoms with Crippen molar-refractivity contribution in [3.05, 3.63) is 11.5 Å². The molecule has 0 saturated carbocycles. The zero-order valence-electron chi connectivity index (χ0n) is 7.27. The molecule has 3 heteroatoms. The number of nitrogens with zero attached hydrogens (tertiary/aromatic N) is 1. The van der Waals surface area contributed by atoms with E-state index < -0.39 is 0 Å². The number of aromatic amines is 1. The van der Waals surface area contributed by atoms with Crippen molar-refractivity contribution < 1.29 is 4.74 Å². The Kier molecular flexibility index (Phi) is 2.52. The van der Waals surface area contributed by atoms with Crippen LogP contribution in [0.15, 0.2) is 0 Å². The molecule has 0 radical (unpaired) electrons. The van der Waals surface area contributed by atoms with Crippen LogP contribution in [-0.2, 0) is 6.42 Å². The highest BCUT2D eigenvalue weighted by atomic mass is 16.5. The van der Waals surface area contributed by atoms with E-state index in [4.69, 9.17) is 4.74 Å². The van der Waals surface area contributed by atoms with Crippen molar-refractivity contribution >= 4 is 0 Å². The van der Waals surface area contributed by atoms with E-state index in [9.17, 15) is 0 Å². The lowest BCUT2D eigenvalue weighted by molar-refractivity contribution is 0.394. The number of hydrogen-bond acceptors (Lipinski definition) is 2. The molecule has 1 aromatic heterocycles. The number of rotatable bonds is 3. The van der Waals surface area contributed by atoms with Crippen molar-refractivity contribution in [2.45, 2.75) is 26.7 Å². The van der Waals surface area contributed by atoms with E-state index >= 15 is 0 Å². The van der Waals surface area contributed by atoms with E-state index in [0.29, 0.717) is 0 Å². The van der Waals surface area contributed by atoms with Gasteiger partial charge in [-0.3, -0.25) is 0 Å². The summed E-state index contributed by atoms with van der Waals surface area (Å²) in [6.45, 7) is 4.06. The minimum Gasteiger partial charge on any atom is -0.481 e. The van der Waals surface area contributed by atoms with Gasteiger partial charge in [-0.1, -0.05) is 13.3 Å². The lowest BCUT2D eigenvalue weighted by atomic mass is 10.3. The number of methoxy groups -OCH3 is 1. The van der Waals surface area contributed by atoms with Crippen molar-refractivity contribution in [3.63, 3.8) is 0 Å².